The van der Waals surface area contributed by atoms with E-state index in [1.807, 2.05) is 0 Å². The van der Waals surface area contributed by atoms with E-state index in [1.54, 1.807) is 0 Å². The maximum Gasteiger partial charge on any atom is 0.416 e. The van der Waals surface area contributed by atoms with Gasteiger partial charge >= 0.3 is 6.18 Å². The summed E-state index contributed by atoms with van der Waals surface area (Å²) in [5.74, 6) is -5.52. The molecule has 1 fully saturated rings. The van der Waals surface area contributed by atoms with Gasteiger partial charge in [-0.25, -0.2) is 8.78 Å². The van der Waals surface area contributed by atoms with Crippen LogP contribution in [0.3, 0.4) is 0 Å². The zero-order valence-electron chi connectivity index (χ0n) is 46.3. The van der Waals surface area contributed by atoms with Gasteiger partial charge in [0.1, 0.15) is 6.50 Å². The molecular formula is C40H38F5N3O3S. The fraction of sp³-hybridized carbons (Fsp3) is 0.300. The van der Waals surface area contributed by atoms with Crippen molar-refractivity contribution in [2.45, 2.75) is 48.7 Å². The van der Waals surface area contributed by atoms with Crippen molar-refractivity contribution in [3.05, 3.63) is 136 Å². The molecule has 12 heteroatoms. The Morgan fingerprint density at radius 1 is 1.00 bits per heavy atom. The van der Waals surface area contributed by atoms with Gasteiger partial charge in [-0.15, -0.1) is 11.8 Å². The number of methoxy groups -OCH3 is 1. The SMILES string of the molecule is [2H]C([2H])([2H])OC([2H])([2H])C([2H])([2H])N1C([2H])([2H])C([2H])([2H])C([2H])(N(Cc2ccc(-c3ccc(C(F)(F)F)cc3)cc2)C(=O)C([2H])([2H])n2c(SC([2H])([2H])c3cccc(F)c3F)cc(=O)c3ccccc32)C([2H])([2H])C1([2H])[2H]. The lowest BCUT2D eigenvalue weighted by Crippen LogP contribution is -2.48. The van der Waals surface area contributed by atoms with E-state index in [2.05, 4.69) is 4.74 Å². The average Bonchev–Trinajstić information content (AvgIpc) is 3.24. The summed E-state index contributed by atoms with van der Waals surface area (Å²) in [6.07, 6.45) is -14.0. The van der Waals surface area contributed by atoms with E-state index in [-0.39, 0.29) is 33.4 Å². The molecule has 2 heterocycles. The highest BCUT2D eigenvalue weighted by Gasteiger charge is 2.31. The number of fused-ring (bicyclic) bond motifs is 1. The molecule has 0 spiro atoms. The number of piperidine rings is 1. The maximum atomic E-state index is 15.5. The number of carbonyl (C=O) groups excluding carboxylic acids is 1. The molecule has 6 nitrogen and oxygen atoms in total. The number of rotatable bonds is 12. The molecule has 1 aliphatic heterocycles. The number of aromatic nitrogens is 1. The van der Waals surface area contributed by atoms with E-state index in [1.165, 1.54) is 24.3 Å². The van der Waals surface area contributed by atoms with E-state index in [4.69, 9.17) is 17.8 Å². The first-order chi connectivity index (χ1) is 32.5. The molecule has 0 saturated carbocycles. The molecule has 1 amide bonds. The number of nitrogens with zero attached hydrogens (tertiary/aromatic N) is 3. The van der Waals surface area contributed by atoms with Gasteiger partial charge in [0.2, 0.25) is 5.91 Å². The van der Waals surface area contributed by atoms with Crippen LogP contribution < -0.4 is 5.43 Å². The van der Waals surface area contributed by atoms with Gasteiger partial charge in [0.05, 0.1) is 33.6 Å². The summed E-state index contributed by atoms with van der Waals surface area (Å²) in [6.45, 7) is -23.6. The predicted molar refractivity (Wildman–Crippen MR) is 193 cm³/mol. The molecular weight excluding hydrogens is 698 g/mol. The Morgan fingerprint density at radius 3 is 2.38 bits per heavy atom. The Kier molecular flexibility index (Phi) is 6.17. The summed E-state index contributed by atoms with van der Waals surface area (Å²) >= 11 is -0.152. The molecule has 5 aromatic rings. The minimum absolute atomic E-state index is 0.152. The first kappa shape index (κ1) is 19.5. The van der Waals surface area contributed by atoms with Crippen LogP contribution in [0, 0.1) is 11.6 Å². The number of amides is 1. The summed E-state index contributed by atoms with van der Waals surface area (Å²) in [6, 6.07) is 11.3. The summed E-state index contributed by atoms with van der Waals surface area (Å²) in [7, 11) is -3.85. The summed E-state index contributed by atoms with van der Waals surface area (Å²) in [5, 5.41) is -1.29. The first-order valence-electron chi connectivity index (χ1n) is 24.9. The monoisotopic (exact) mass is 755 g/mol. The zero-order chi connectivity index (χ0) is 54.6. The van der Waals surface area contributed by atoms with Crippen LogP contribution in [0.1, 0.15) is 56.9 Å². The molecule has 52 heavy (non-hydrogen) atoms. The number of hydrogen-bond acceptors (Lipinski definition) is 5. The third kappa shape index (κ3) is 8.74. The van der Waals surface area contributed by atoms with E-state index in [0.29, 0.717) is 16.7 Å². The lowest BCUT2D eigenvalue weighted by atomic mass is 10.00. The van der Waals surface area contributed by atoms with Gasteiger partial charge in [0.25, 0.3) is 0 Å². The number of para-hydroxylation sites is 1. The Balaban J connectivity index is 1.62. The second-order valence-electron chi connectivity index (χ2n) is 10.8. The van der Waals surface area contributed by atoms with Crippen molar-refractivity contribution >= 4 is 28.6 Å². The highest BCUT2D eigenvalue weighted by atomic mass is 32.2. The third-order valence-corrected chi connectivity index (χ3v) is 8.28. The van der Waals surface area contributed by atoms with Crippen molar-refractivity contribution in [3.63, 3.8) is 0 Å². The van der Waals surface area contributed by atoms with E-state index < -0.39 is 132 Å². The number of hydrogen-bond donors (Lipinski definition) is 0. The van der Waals surface area contributed by atoms with E-state index in [0.717, 1.165) is 60.7 Å². The molecule has 1 saturated heterocycles. The van der Waals surface area contributed by atoms with Crippen molar-refractivity contribution in [1.29, 1.82) is 0 Å². The van der Waals surface area contributed by atoms with Crippen LogP contribution in [-0.2, 0) is 34.5 Å². The Labute approximate surface area is 330 Å². The molecule has 0 N–H and O–H groups in total. The minimum Gasteiger partial charge on any atom is -0.383 e. The van der Waals surface area contributed by atoms with Gasteiger partial charge in [-0.3, -0.25) is 9.59 Å². The van der Waals surface area contributed by atoms with Crippen LogP contribution in [0.15, 0.2) is 107 Å². The summed E-state index contributed by atoms with van der Waals surface area (Å²) in [5.41, 5.74) is -6.66. The zero-order valence-corrected chi connectivity index (χ0v) is 27.1. The Morgan fingerprint density at radius 2 is 1.69 bits per heavy atom. The molecule has 6 rings (SSSR count). The van der Waals surface area contributed by atoms with Crippen LogP contribution in [0.25, 0.3) is 22.0 Å². The number of ether oxygens (including phenoxy) is 1. The molecule has 0 atom stereocenters. The number of thioether (sulfide) groups is 1. The van der Waals surface area contributed by atoms with Crippen LogP contribution in [-0.4, -0.2) is 59.4 Å². The van der Waals surface area contributed by atoms with Crippen molar-refractivity contribution in [1.82, 2.24) is 14.4 Å². The standard InChI is InChI=1S/C40H38F5N3O3S/c1-51-22-21-46-19-17-32(18-20-46)47(24-27-9-11-28(12-10-27)29-13-15-31(16-14-29)40(43,44)45)37(50)25-48-35-8-3-2-6-33(35)36(49)23-38(48)52-26-30-5-4-7-34(41)39(30)42/h2-16,23,32H,17-22,24-26H2,1H3/i1D3,17D2,18D2,19D2,20D2,21D2,22D2,25D2,26D2,32D. The van der Waals surface area contributed by atoms with Gasteiger partial charge in [-0.1, -0.05) is 60.7 Å². The molecule has 1 aliphatic rings. The van der Waals surface area contributed by atoms with Gasteiger partial charge in [0.15, 0.2) is 17.1 Å². The fourth-order valence-corrected chi connectivity index (χ4v) is 5.69. The third-order valence-electron chi connectivity index (χ3n) is 7.45. The molecule has 1 aromatic heterocycles. The largest absolute Gasteiger partial charge is 0.416 e. The molecule has 272 valence electrons. The highest BCUT2D eigenvalue weighted by molar-refractivity contribution is 7.98. The number of benzene rings is 4. The smallest absolute Gasteiger partial charge is 0.383 e. The highest BCUT2D eigenvalue weighted by Crippen LogP contribution is 2.32. The quantitative estimate of drug-likeness (QED) is 0.0947. The molecule has 0 radical (unpaired) electrons. The number of halogens is 5. The second kappa shape index (κ2) is 16.4. The topological polar surface area (TPSA) is 54.8 Å². The number of alkyl halides is 3. The van der Waals surface area contributed by atoms with Gasteiger partial charge < -0.3 is 19.1 Å². The van der Waals surface area contributed by atoms with Crippen molar-refractivity contribution < 1.29 is 58.9 Å². The van der Waals surface area contributed by atoms with Gasteiger partial charge in [-0.05, 0) is 59.8 Å². The van der Waals surface area contributed by atoms with Crippen LogP contribution in [0.2, 0.25) is 0 Å². The lowest BCUT2D eigenvalue weighted by molar-refractivity contribution is -0.137. The normalized spacial score (nSPS) is 25.7. The van der Waals surface area contributed by atoms with Crippen LogP contribution in [0.5, 0.6) is 0 Å². The number of carbonyl (C=O) groups is 1. The molecule has 0 aliphatic carbocycles. The average molecular weight is 756 g/mol. The Hall–Kier alpha value is -4.52. The lowest BCUT2D eigenvalue weighted by Gasteiger charge is -2.39. The van der Waals surface area contributed by atoms with Gasteiger partial charge in [0, 0.05) is 78.3 Å². The first-order valence-corrected chi connectivity index (χ1v) is 15.7. The molecule has 4 aromatic carbocycles. The molecule has 0 unspecified atom stereocenters. The summed E-state index contributed by atoms with van der Waals surface area (Å²) < 4.78 is 249. The predicted octanol–water partition coefficient (Wildman–Crippen LogP) is 8.40. The van der Waals surface area contributed by atoms with Crippen molar-refractivity contribution in [3.8, 4) is 11.1 Å². The fourth-order valence-electron chi connectivity index (χ4n) is 4.91. The van der Waals surface area contributed by atoms with Crippen LogP contribution in [0.4, 0.5) is 22.0 Å². The van der Waals surface area contributed by atoms with Gasteiger partial charge in [-0.2, -0.15) is 13.2 Å². The van der Waals surface area contributed by atoms with Crippen LogP contribution >= 0.6 is 11.8 Å². The summed E-state index contributed by atoms with van der Waals surface area (Å²) in [4.78, 5) is 27.7. The minimum atomic E-state index is -4.71. The molecule has 0 bridgehead atoms. The second-order valence-corrected chi connectivity index (χ2v) is 11.6. The van der Waals surface area contributed by atoms with Crippen molar-refractivity contribution in [2.24, 2.45) is 0 Å². The number of likely N-dealkylation sites (tertiary alicyclic amines) is 1. The maximum absolute atomic E-state index is 15.5. The van der Waals surface area contributed by atoms with E-state index >= 15 is 9.18 Å². The Bertz CT molecular complexity index is 2930. The van der Waals surface area contributed by atoms with Crippen molar-refractivity contribution in [2.75, 3.05) is 33.1 Å². The van der Waals surface area contributed by atoms with E-state index in [9.17, 15) is 32.0 Å². The number of pyridine rings is 1.